The minimum absolute atomic E-state index is 0.0114. The van der Waals surface area contributed by atoms with Gasteiger partial charge >= 0.3 is 0 Å². The molecule has 3 aromatic carbocycles. The number of hydrogen-bond donors (Lipinski definition) is 1. The minimum Gasteiger partial charge on any atom is -0.493 e. The van der Waals surface area contributed by atoms with Gasteiger partial charge in [0, 0.05) is 31.2 Å². The smallest absolute Gasteiger partial charge is 0.265 e. The Morgan fingerprint density at radius 1 is 0.836 bits per heavy atom. The van der Waals surface area contributed by atoms with Crippen LogP contribution in [0.15, 0.2) is 63.8 Å². The number of nitrogens with zero attached hydrogens (tertiary/aromatic N) is 1. The number of rotatable bonds is 22. The maximum atomic E-state index is 13.1. The molecule has 0 bridgehead atoms. The van der Waals surface area contributed by atoms with Gasteiger partial charge in [0.05, 0.1) is 73.8 Å². The van der Waals surface area contributed by atoms with Crippen molar-refractivity contribution >= 4 is 46.6 Å². The normalized spacial score (nSPS) is 12.8. The number of halogens is 1. The summed E-state index contributed by atoms with van der Waals surface area (Å²) in [4.78, 5) is 63.1. The SMILES string of the molecule is CCOc1cc2oc(-c3ccc(OCCOCCOCCOCCOc4cccc5c4C(=O)N(C(C=O)CCC(=O)NC)C5=O)cc3Cl)cc(=O)c2cc1C. The van der Waals surface area contributed by atoms with Crippen molar-refractivity contribution in [3.8, 4) is 28.6 Å². The number of fused-ring (bicyclic) bond motifs is 2. The van der Waals surface area contributed by atoms with Crippen molar-refractivity contribution in [3.05, 3.63) is 86.5 Å². The van der Waals surface area contributed by atoms with Crippen LogP contribution in [0.1, 0.15) is 46.0 Å². The fourth-order valence-electron chi connectivity index (χ4n) is 5.85. The molecule has 4 aromatic rings. The first-order valence-electron chi connectivity index (χ1n) is 17.8. The molecule has 1 aliphatic heterocycles. The Balaban J connectivity index is 0.954. The first kappa shape index (κ1) is 40.9. The van der Waals surface area contributed by atoms with Crippen LogP contribution in [0.3, 0.4) is 0 Å². The van der Waals surface area contributed by atoms with E-state index in [9.17, 15) is 24.0 Å². The van der Waals surface area contributed by atoms with E-state index < -0.39 is 17.9 Å². The van der Waals surface area contributed by atoms with Gasteiger partial charge in [-0.2, -0.15) is 0 Å². The Morgan fingerprint density at radius 2 is 1.53 bits per heavy atom. The van der Waals surface area contributed by atoms with Crippen molar-refractivity contribution in [1.82, 2.24) is 10.2 Å². The van der Waals surface area contributed by atoms with Crippen molar-refractivity contribution in [2.24, 2.45) is 0 Å². The van der Waals surface area contributed by atoms with Gasteiger partial charge in [0.25, 0.3) is 11.8 Å². The van der Waals surface area contributed by atoms with Gasteiger partial charge in [-0.3, -0.25) is 24.1 Å². The number of aryl methyl sites for hydroxylation is 1. The first-order chi connectivity index (χ1) is 26.7. The summed E-state index contributed by atoms with van der Waals surface area (Å²) in [5.74, 6) is 0.176. The average Bonchev–Trinajstić information content (AvgIpc) is 3.43. The largest absolute Gasteiger partial charge is 0.493 e. The summed E-state index contributed by atoms with van der Waals surface area (Å²) in [6.07, 6.45) is 0.502. The molecule has 14 nitrogen and oxygen atoms in total. The highest BCUT2D eigenvalue weighted by molar-refractivity contribution is 6.33. The minimum atomic E-state index is -1.07. The van der Waals surface area contributed by atoms with E-state index in [4.69, 9.17) is 44.4 Å². The Bertz CT molecular complexity index is 2070. The lowest BCUT2D eigenvalue weighted by Gasteiger charge is -2.21. The highest BCUT2D eigenvalue weighted by atomic mass is 35.5. The third-order valence-corrected chi connectivity index (χ3v) is 8.91. The molecule has 5 rings (SSSR count). The monoisotopic (exact) mass is 778 g/mol. The molecule has 0 spiro atoms. The molecule has 55 heavy (non-hydrogen) atoms. The van der Waals surface area contributed by atoms with Crippen molar-refractivity contribution < 1.29 is 52.0 Å². The van der Waals surface area contributed by atoms with Crippen LogP contribution in [0.4, 0.5) is 0 Å². The van der Waals surface area contributed by atoms with Crippen LogP contribution in [0, 0.1) is 6.92 Å². The second-order valence-corrected chi connectivity index (χ2v) is 12.7. The van der Waals surface area contributed by atoms with E-state index in [1.54, 1.807) is 42.5 Å². The fraction of sp³-hybridized carbons (Fsp3) is 0.375. The second-order valence-electron chi connectivity index (χ2n) is 12.3. The highest BCUT2D eigenvalue weighted by Gasteiger charge is 2.42. The van der Waals surface area contributed by atoms with E-state index in [0.717, 1.165) is 10.5 Å². The zero-order valence-corrected chi connectivity index (χ0v) is 31.6. The number of amides is 3. The third-order valence-electron chi connectivity index (χ3n) is 8.60. The Morgan fingerprint density at radius 3 is 2.18 bits per heavy atom. The summed E-state index contributed by atoms with van der Waals surface area (Å²) in [5.41, 5.74) is 1.86. The maximum absolute atomic E-state index is 13.1. The van der Waals surface area contributed by atoms with Gasteiger partial charge in [-0.15, -0.1) is 0 Å². The molecule has 15 heteroatoms. The van der Waals surface area contributed by atoms with E-state index >= 15 is 0 Å². The molecule has 1 atom stereocenters. The number of hydrogen-bond acceptors (Lipinski definition) is 12. The predicted octanol–water partition coefficient (Wildman–Crippen LogP) is 5.02. The van der Waals surface area contributed by atoms with E-state index in [1.165, 1.54) is 19.2 Å². The summed E-state index contributed by atoms with van der Waals surface area (Å²) in [7, 11) is 1.47. The molecular weight excluding hydrogens is 736 g/mol. The molecular formula is C40H43ClN2O12. The number of carbonyl (C=O) groups excluding carboxylic acids is 4. The van der Waals surface area contributed by atoms with Crippen LogP contribution in [0.5, 0.6) is 17.2 Å². The first-order valence-corrected chi connectivity index (χ1v) is 18.2. The standard InChI is InChI=1S/C40H43ClN2O12/c1-4-52-34-23-36-30(20-25(34)2)32(45)22-35(55-36)28-10-9-27(21-31(28)41)53-18-16-50-14-12-49-13-15-51-17-19-54-33-7-5-6-29-38(33)40(48)43(39(29)47)26(24-44)8-11-37(46)42-3/h5-7,9-10,20-24,26H,4,8,11-19H2,1-3H3,(H,42,46). The van der Waals surface area contributed by atoms with Crippen LogP contribution in [-0.2, 0) is 23.8 Å². The predicted molar refractivity (Wildman–Crippen MR) is 202 cm³/mol. The zero-order valence-electron chi connectivity index (χ0n) is 30.9. The number of benzene rings is 3. The van der Waals surface area contributed by atoms with Gasteiger partial charge in [0.1, 0.15) is 48.1 Å². The lowest BCUT2D eigenvalue weighted by molar-refractivity contribution is -0.121. The van der Waals surface area contributed by atoms with Crippen LogP contribution in [-0.4, -0.2) is 101 Å². The highest BCUT2D eigenvalue weighted by Crippen LogP contribution is 2.34. The second kappa shape index (κ2) is 19.9. The van der Waals surface area contributed by atoms with Gasteiger partial charge in [-0.25, -0.2) is 0 Å². The van der Waals surface area contributed by atoms with E-state index in [-0.39, 0.29) is 60.9 Å². The Hall–Kier alpha value is -5.28. The summed E-state index contributed by atoms with van der Waals surface area (Å²) in [5, 5.41) is 3.28. The number of imide groups is 1. The number of carbonyl (C=O) groups is 4. The van der Waals surface area contributed by atoms with Gasteiger partial charge in [-0.05, 0) is 62.2 Å². The number of aldehydes is 1. The summed E-state index contributed by atoms with van der Waals surface area (Å²) >= 11 is 6.55. The maximum Gasteiger partial charge on any atom is 0.265 e. The quantitative estimate of drug-likeness (QED) is 0.0644. The van der Waals surface area contributed by atoms with Gasteiger partial charge in [0.15, 0.2) is 5.43 Å². The van der Waals surface area contributed by atoms with Crippen LogP contribution in [0.25, 0.3) is 22.3 Å². The molecule has 0 aliphatic carbocycles. The van der Waals surface area contributed by atoms with Crippen LogP contribution < -0.4 is 25.0 Å². The van der Waals surface area contributed by atoms with E-state index in [1.807, 2.05) is 13.8 Å². The summed E-state index contributed by atoms with van der Waals surface area (Å²) in [6, 6.07) is 13.6. The molecule has 1 aliphatic rings. The summed E-state index contributed by atoms with van der Waals surface area (Å²) < 4.78 is 39.9. The van der Waals surface area contributed by atoms with Gasteiger partial charge in [-0.1, -0.05) is 17.7 Å². The molecule has 3 amide bonds. The Kier molecular flexibility index (Phi) is 14.8. The molecule has 0 fully saturated rings. The van der Waals surface area contributed by atoms with Gasteiger partial charge < -0.3 is 42.9 Å². The molecule has 0 saturated heterocycles. The van der Waals surface area contributed by atoms with Crippen LogP contribution in [0.2, 0.25) is 5.02 Å². The molecule has 1 N–H and O–H groups in total. The zero-order chi connectivity index (χ0) is 39.3. The van der Waals surface area contributed by atoms with Crippen LogP contribution >= 0.6 is 11.6 Å². The summed E-state index contributed by atoms with van der Waals surface area (Å²) in [6.45, 7) is 6.47. The van der Waals surface area contributed by atoms with E-state index in [0.29, 0.717) is 84.7 Å². The van der Waals surface area contributed by atoms with Crippen molar-refractivity contribution in [1.29, 1.82) is 0 Å². The molecule has 0 saturated carbocycles. The Labute approximate surface area is 322 Å². The topological polar surface area (TPSA) is 169 Å². The molecule has 292 valence electrons. The third kappa shape index (κ3) is 10.3. The molecule has 2 heterocycles. The average molecular weight is 779 g/mol. The molecule has 0 radical (unpaired) electrons. The lowest BCUT2D eigenvalue weighted by atomic mass is 10.1. The lowest BCUT2D eigenvalue weighted by Crippen LogP contribution is -2.41. The van der Waals surface area contributed by atoms with Gasteiger partial charge in [0.2, 0.25) is 5.91 Å². The number of nitrogens with one attached hydrogen (secondary N) is 1. The van der Waals surface area contributed by atoms with Crippen molar-refractivity contribution in [3.63, 3.8) is 0 Å². The fourth-order valence-corrected chi connectivity index (χ4v) is 6.11. The number of ether oxygens (including phenoxy) is 6. The van der Waals surface area contributed by atoms with Crippen molar-refractivity contribution in [2.75, 3.05) is 66.5 Å². The molecule has 1 unspecified atom stereocenters. The van der Waals surface area contributed by atoms with E-state index in [2.05, 4.69) is 5.32 Å². The molecule has 1 aromatic heterocycles. The van der Waals surface area contributed by atoms with Crippen molar-refractivity contribution in [2.45, 2.75) is 32.7 Å².